The molecule has 5 atom stereocenters. The van der Waals surface area contributed by atoms with E-state index in [1.54, 1.807) is 0 Å². The SMILES string of the molecule is C=CCCCCCCCCC[C@@H](N=[N+]=[N-])[C@@H](OCc1ccccc1)[C@H](OCc1ccccc1)[C@H]1COC(c2ccccc2)O1. The molecule has 7 heteroatoms. The van der Waals surface area contributed by atoms with Gasteiger partial charge < -0.3 is 18.9 Å². The number of ether oxygens (including phenoxy) is 4. The van der Waals surface area contributed by atoms with E-state index in [1.165, 1.54) is 32.1 Å². The molecule has 0 N–H and O–H groups in total. The number of rotatable bonds is 21. The molecule has 4 rings (SSSR count). The third-order valence-electron chi connectivity index (χ3n) is 8.03. The van der Waals surface area contributed by atoms with Crippen LogP contribution in [0.2, 0.25) is 0 Å². The van der Waals surface area contributed by atoms with Crippen LogP contribution in [0, 0.1) is 0 Å². The molecule has 1 fully saturated rings. The second-order valence-electron chi connectivity index (χ2n) is 11.4. The van der Waals surface area contributed by atoms with Crippen molar-refractivity contribution >= 4 is 0 Å². The third-order valence-corrected chi connectivity index (χ3v) is 8.03. The summed E-state index contributed by atoms with van der Waals surface area (Å²) >= 11 is 0. The van der Waals surface area contributed by atoms with Gasteiger partial charge in [0.2, 0.25) is 0 Å². The van der Waals surface area contributed by atoms with E-state index in [9.17, 15) is 5.53 Å². The van der Waals surface area contributed by atoms with Crippen LogP contribution in [0.4, 0.5) is 0 Å². The molecule has 3 aromatic rings. The van der Waals surface area contributed by atoms with E-state index in [-0.39, 0.29) is 0 Å². The Morgan fingerprint density at radius 1 is 0.795 bits per heavy atom. The average molecular weight is 598 g/mol. The molecule has 1 heterocycles. The van der Waals surface area contributed by atoms with Crippen LogP contribution in [0.1, 0.15) is 80.8 Å². The monoisotopic (exact) mass is 597 g/mol. The van der Waals surface area contributed by atoms with Crippen LogP contribution in [-0.2, 0) is 32.2 Å². The second-order valence-corrected chi connectivity index (χ2v) is 11.4. The molecule has 3 aromatic carbocycles. The van der Waals surface area contributed by atoms with Gasteiger partial charge in [0.25, 0.3) is 0 Å². The number of unbranched alkanes of at least 4 members (excludes halogenated alkanes) is 7. The van der Waals surface area contributed by atoms with E-state index < -0.39 is 30.6 Å². The highest BCUT2D eigenvalue weighted by Gasteiger charge is 2.42. The van der Waals surface area contributed by atoms with Crippen molar-refractivity contribution in [2.45, 2.75) is 102 Å². The maximum atomic E-state index is 9.66. The van der Waals surface area contributed by atoms with Crippen molar-refractivity contribution in [1.82, 2.24) is 0 Å². The van der Waals surface area contributed by atoms with Gasteiger partial charge in [0.05, 0.1) is 32.0 Å². The minimum atomic E-state index is -0.531. The van der Waals surface area contributed by atoms with Crippen molar-refractivity contribution in [3.8, 4) is 0 Å². The van der Waals surface area contributed by atoms with Gasteiger partial charge in [-0.1, -0.05) is 141 Å². The van der Waals surface area contributed by atoms with Crippen LogP contribution >= 0.6 is 0 Å². The predicted molar refractivity (Wildman–Crippen MR) is 175 cm³/mol. The standard InChI is InChI=1S/C37H47N3O4/c1-2-3-4-5-6-7-8-9-19-26-33(39-40-38)35(41-27-30-20-13-10-14-21-30)36(42-28-31-22-15-11-16-23-31)34-29-43-37(44-34)32-24-17-12-18-25-32/h2,10-18,20-25,33-37H,1,3-9,19,26-29H2/t33-,34-,35-,36-,37?/m1/s1. The van der Waals surface area contributed by atoms with Gasteiger partial charge in [-0.3, -0.25) is 0 Å². The Bertz CT molecular complexity index is 1240. The number of hydrogen-bond donors (Lipinski definition) is 0. The van der Waals surface area contributed by atoms with Crippen molar-refractivity contribution in [2.24, 2.45) is 5.11 Å². The number of hydrogen-bond acceptors (Lipinski definition) is 5. The van der Waals surface area contributed by atoms with Gasteiger partial charge in [-0.25, -0.2) is 0 Å². The number of nitrogens with zero attached hydrogens (tertiary/aromatic N) is 3. The minimum Gasteiger partial charge on any atom is -0.370 e. The zero-order valence-electron chi connectivity index (χ0n) is 25.8. The molecule has 44 heavy (non-hydrogen) atoms. The number of benzene rings is 3. The van der Waals surface area contributed by atoms with Gasteiger partial charge in [-0.2, -0.15) is 0 Å². The molecule has 7 nitrogen and oxygen atoms in total. The molecular weight excluding hydrogens is 550 g/mol. The Hall–Kier alpha value is -3.45. The lowest BCUT2D eigenvalue weighted by Crippen LogP contribution is -2.48. The first-order chi connectivity index (χ1) is 21.8. The quantitative estimate of drug-likeness (QED) is 0.0402. The van der Waals surface area contributed by atoms with E-state index >= 15 is 0 Å². The first-order valence-corrected chi connectivity index (χ1v) is 16.1. The van der Waals surface area contributed by atoms with E-state index in [4.69, 9.17) is 18.9 Å². The van der Waals surface area contributed by atoms with Crippen LogP contribution in [-0.4, -0.2) is 31.0 Å². The van der Waals surface area contributed by atoms with Crippen molar-refractivity contribution in [3.05, 3.63) is 131 Å². The van der Waals surface area contributed by atoms with Gasteiger partial charge in [-0.05, 0) is 35.9 Å². The van der Waals surface area contributed by atoms with Crippen LogP contribution < -0.4 is 0 Å². The maximum absolute atomic E-state index is 9.66. The van der Waals surface area contributed by atoms with Gasteiger partial charge in [0, 0.05) is 10.5 Å². The van der Waals surface area contributed by atoms with Crippen molar-refractivity contribution in [2.75, 3.05) is 6.61 Å². The summed E-state index contributed by atoms with van der Waals surface area (Å²) in [7, 11) is 0. The topological polar surface area (TPSA) is 85.7 Å². The smallest absolute Gasteiger partial charge is 0.184 e. The molecule has 1 unspecified atom stereocenters. The summed E-state index contributed by atoms with van der Waals surface area (Å²) in [6.07, 6.45) is 9.95. The van der Waals surface area contributed by atoms with E-state index in [0.717, 1.165) is 36.0 Å². The average Bonchev–Trinajstić information content (AvgIpc) is 3.56. The maximum Gasteiger partial charge on any atom is 0.184 e. The van der Waals surface area contributed by atoms with Gasteiger partial charge in [0.15, 0.2) is 6.29 Å². The van der Waals surface area contributed by atoms with Crippen LogP contribution in [0.5, 0.6) is 0 Å². The first kappa shape index (κ1) is 33.4. The fourth-order valence-corrected chi connectivity index (χ4v) is 5.63. The fraction of sp³-hybridized carbons (Fsp3) is 0.459. The Morgan fingerprint density at radius 3 is 1.98 bits per heavy atom. The molecule has 1 aliphatic heterocycles. The summed E-state index contributed by atoms with van der Waals surface area (Å²) in [5.41, 5.74) is 12.7. The van der Waals surface area contributed by atoms with Crippen molar-refractivity contribution in [3.63, 3.8) is 0 Å². The summed E-state index contributed by atoms with van der Waals surface area (Å²) in [6.45, 7) is 4.90. The van der Waals surface area contributed by atoms with Crippen molar-refractivity contribution < 1.29 is 18.9 Å². The largest absolute Gasteiger partial charge is 0.370 e. The second kappa shape index (κ2) is 19.8. The van der Waals surface area contributed by atoms with Crippen LogP contribution in [0.3, 0.4) is 0 Å². The number of allylic oxidation sites excluding steroid dienone is 1. The zero-order chi connectivity index (χ0) is 30.7. The summed E-state index contributed by atoms with van der Waals surface area (Å²) in [5, 5.41) is 4.30. The Kier molecular flexibility index (Phi) is 15.0. The third kappa shape index (κ3) is 11.2. The van der Waals surface area contributed by atoms with Crippen molar-refractivity contribution in [1.29, 1.82) is 0 Å². The summed E-state index contributed by atoms with van der Waals surface area (Å²) in [5.74, 6) is 0. The predicted octanol–water partition coefficient (Wildman–Crippen LogP) is 9.65. The molecular formula is C37H47N3O4. The molecule has 0 aliphatic carbocycles. The molecule has 0 spiro atoms. The molecule has 0 radical (unpaired) electrons. The highest BCUT2D eigenvalue weighted by atomic mass is 16.7. The fourth-order valence-electron chi connectivity index (χ4n) is 5.63. The summed E-state index contributed by atoms with van der Waals surface area (Å²) in [4.78, 5) is 3.27. The highest BCUT2D eigenvalue weighted by molar-refractivity contribution is 5.17. The van der Waals surface area contributed by atoms with E-state index in [2.05, 4.69) is 16.6 Å². The minimum absolute atomic E-state index is 0.346. The molecule has 1 saturated heterocycles. The van der Waals surface area contributed by atoms with Gasteiger partial charge in [0.1, 0.15) is 12.2 Å². The van der Waals surface area contributed by atoms with Gasteiger partial charge >= 0.3 is 0 Å². The van der Waals surface area contributed by atoms with Crippen LogP contribution in [0.25, 0.3) is 10.4 Å². The summed E-state index contributed by atoms with van der Waals surface area (Å²) < 4.78 is 25.9. The Morgan fingerprint density at radius 2 is 1.36 bits per heavy atom. The lowest BCUT2D eigenvalue weighted by atomic mass is 9.95. The lowest BCUT2D eigenvalue weighted by molar-refractivity contribution is -0.155. The van der Waals surface area contributed by atoms with Gasteiger partial charge in [-0.15, -0.1) is 6.58 Å². The molecule has 0 aromatic heterocycles. The van der Waals surface area contributed by atoms with E-state index in [0.29, 0.717) is 26.2 Å². The zero-order valence-corrected chi connectivity index (χ0v) is 25.8. The first-order valence-electron chi connectivity index (χ1n) is 16.1. The van der Waals surface area contributed by atoms with E-state index in [1.807, 2.05) is 97.1 Å². The highest BCUT2D eigenvalue weighted by Crippen LogP contribution is 2.33. The molecule has 234 valence electrons. The lowest BCUT2D eigenvalue weighted by Gasteiger charge is -2.34. The number of azide groups is 1. The van der Waals surface area contributed by atoms with Crippen LogP contribution in [0.15, 0.2) is 109 Å². The molecule has 0 amide bonds. The molecule has 1 aliphatic rings. The Balaban J connectivity index is 1.50. The molecule has 0 bridgehead atoms. The normalized spacial score (nSPS) is 18.3. The molecule has 0 saturated carbocycles. The Labute approximate surface area is 262 Å². The summed E-state index contributed by atoms with van der Waals surface area (Å²) in [6, 6.07) is 29.6.